The number of aromatic nitrogens is 4. The van der Waals surface area contributed by atoms with Gasteiger partial charge in [0.15, 0.2) is 0 Å². The summed E-state index contributed by atoms with van der Waals surface area (Å²) in [5, 5.41) is 2.95. The smallest absolute Gasteiger partial charge is 0.251 e. The molecule has 0 bridgehead atoms. The average Bonchev–Trinajstić information content (AvgIpc) is 2.81. The Morgan fingerprint density at radius 2 is 1.78 bits per heavy atom. The zero-order chi connectivity index (χ0) is 22.3. The second kappa shape index (κ2) is 9.78. The number of nitrogens with zero attached hydrogens (tertiary/aromatic N) is 4. The molecule has 0 atom stereocenters. The number of aryl methyl sites for hydroxylation is 2. The number of hydrogen-bond donors (Lipinski definition) is 1. The maximum atomic E-state index is 12.9. The summed E-state index contributed by atoms with van der Waals surface area (Å²) in [6, 6.07) is 14.7. The summed E-state index contributed by atoms with van der Waals surface area (Å²) in [4.78, 5) is 30.0. The van der Waals surface area contributed by atoms with E-state index in [4.69, 9.17) is 4.74 Å². The van der Waals surface area contributed by atoms with Crippen LogP contribution >= 0.6 is 0 Å². The van der Waals surface area contributed by atoms with E-state index >= 15 is 0 Å². The predicted octanol–water partition coefficient (Wildman–Crippen LogP) is 4.32. The molecule has 0 saturated carbocycles. The van der Waals surface area contributed by atoms with Crippen molar-refractivity contribution in [2.24, 2.45) is 0 Å². The van der Waals surface area contributed by atoms with E-state index in [1.807, 2.05) is 50.2 Å². The molecule has 4 rings (SSSR count). The first-order valence-corrected chi connectivity index (χ1v) is 10.3. The lowest BCUT2D eigenvalue weighted by Crippen LogP contribution is -2.25. The van der Waals surface area contributed by atoms with Crippen LogP contribution in [0.25, 0.3) is 11.3 Å². The van der Waals surface area contributed by atoms with Gasteiger partial charge in [0, 0.05) is 48.5 Å². The normalized spacial score (nSPS) is 10.6. The molecule has 0 fully saturated rings. The van der Waals surface area contributed by atoms with E-state index in [-0.39, 0.29) is 5.91 Å². The van der Waals surface area contributed by atoms with Gasteiger partial charge in [0.2, 0.25) is 5.88 Å². The molecule has 7 nitrogen and oxygen atoms in total. The fourth-order valence-electron chi connectivity index (χ4n) is 3.07. The molecule has 1 aromatic carbocycles. The minimum atomic E-state index is -0.196. The van der Waals surface area contributed by atoms with E-state index in [1.54, 1.807) is 36.9 Å². The van der Waals surface area contributed by atoms with Crippen molar-refractivity contribution in [2.75, 3.05) is 6.54 Å². The van der Waals surface area contributed by atoms with Crippen LogP contribution in [-0.4, -0.2) is 32.4 Å². The van der Waals surface area contributed by atoms with Gasteiger partial charge in [-0.05, 0) is 61.7 Å². The van der Waals surface area contributed by atoms with Crippen molar-refractivity contribution in [3.8, 4) is 22.9 Å². The number of benzene rings is 1. The van der Waals surface area contributed by atoms with Crippen LogP contribution < -0.4 is 10.1 Å². The van der Waals surface area contributed by atoms with Crippen molar-refractivity contribution in [1.29, 1.82) is 0 Å². The highest BCUT2D eigenvalue weighted by Crippen LogP contribution is 2.28. The molecule has 0 aliphatic carbocycles. The maximum absolute atomic E-state index is 12.9. The molecule has 7 heteroatoms. The minimum Gasteiger partial charge on any atom is -0.439 e. The van der Waals surface area contributed by atoms with Gasteiger partial charge in [0.1, 0.15) is 11.6 Å². The van der Waals surface area contributed by atoms with E-state index in [0.717, 1.165) is 28.2 Å². The number of rotatable bonds is 7. The van der Waals surface area contributed by atoms with Gasteiger partial charge in [-0.15, -0.1) is 0 Å². The Morgan fingerprint density at radius 1 is 0.938 bits per heavy atom. The standard InChI is InChI=1S/C25H23N5O2/c1-17-6-7-23(30-14-17)20-11-21(13-22(12-20)32-24-5-3-4-9-26-24)25(31)27-10-8-19-15-28-18(2)29-16-19/h3-7,9,11-16H,8,10H2,1-2H3,(H,27,31). The highest BCUT2D eigenvalue weighted by molar-refractivity contribution is 5.96. The molecular formula is C25H23N5O2. The van der Waals surface area contributed by atoms with Gasteiger partial charge in [-0.1, -0.05) is 12.1 Å². The molecular weight excluding hydrogens is 402 g/mol. The van der Waals surface area contributed by atoms with Gasteiger partial charge in [-0.2, -0.15) is 0 Å². The molecule has 0 aliphatic rings. The summed E-state index contributed by atoms with van der Waals surface area (Å²) in [7, 11) is 0. The van der Waals surface area contributed by atoms with Crippen LogP contribution in [0.1, 0.15) is 27.3 Å². The van der Waals surface area contributed by atoms with E-state index in [0.29, 0.717) is 30.2 Å². The molecule has 0 radical (unpaired) electrons. The first-order valence-electron chi connectivity index (χ1n) is 10.3. The van der Waals surface area contributed by atoms with Crippen molar-refractivity contribution < 1.29 is 9.53 Å². The summed E-state index contributed by atoms with van der Waals surface area (Å²) in [6.45, 7) is 4.29. The van der Waals surface area contributed by atoms with Crippen LogP contribution in [0.15, 0.2) is 73.3 Å². The quantitative estimate of drug-likeness (QED) is 0.474. The number of amides is 1. The molecule has 4 aromatic rings. The van der Waals surface area contributed by atoms with Gasteiger partial charge in [0.25, 0.3) is 5.91 Å². The van der Waals surface area contributed by atoms with Crippen LogP contribution in [-0.2, 0) is 6.42 Å². The summed E-state index contributed by atoms with van der Waals surface area (Å²) < 4.78 is 5.90. The molecule has 0 unspecified atom stereocenters. The van der Waals surface area contributed by atoms with Crippen LogP contribution in [0, 0.1) is 13.8 Å². The number of ether oxygens (including phenoxy) is 1. The zero-order valence-electron chi connectivity index (χ0n) is 17.9. The van der Waals surface area contributed by atoms with Crippen LogP contribution in [0.5, 0.6) is 11.6 Å². The molecule has 3 aromatic heterocycles. The van der Waals surface area contributed by atoms with Gasteiger partial charge in [-0.3, -0.25) is 9.78 Å². The van der Waals surface area contributed by atoms with Crippen molar-refractivity contribution in [3.05, 3.63) is 95.8 Å². The molecule has 1 amide bonds. The third-order valence-corrected chi connectivity index (χ3v) is 4.77. The van der Waals surface area contributed by atoms with Crippen molar-refractivity contribution in [3.63, 3.8) is 0 Å². The lowest BCUT2D eigenvalue weighted by atomic mass is 10.1. The Labute approximate surface area is 186 Å². The number of hydrogen-bond acceptors (Lipinski definition) is 6. The molecule has 0 saturated heterocycles. The van der Waals surface area contributed by atoms with Crippen molar-refractivity contribution in [1.82, 2.24) is 25.3 Å². The largest absolute Gasteiger partial charge is 0.439 e. The number of carbonyl (C=O) groups excluding carboxylic acids is 1. The third-order valence-electron chi connectivity index (χ3n) is 4.77. The molecule has 160 valence electrons. The van der Waals surface area contributed by atoms with E-state index in [2.05, 4.69) is 25.3 Å². The summed E-state index contributed by atoms with van der Waals surface area (Å²) in [6.07, 6.45) is 7.64. The highest BCUT2D eigenvalue weighted by atomic mass is 16.5. The summed E-state index contributed by atoms with van der Waals surface area (Å²) >= 11 is 0. The maximum Gasteiger partial charge on any atom is 0.251 e. The fraction of sp³-hybridized carbons (Fsp3) is 0.160. The minimum absolute atomic E-state index is 0.196. The van der Waals surface area contributed by atoms with Crippen LogP contribution in [0.3, 0.4) is 0 Å². The molecule has 0 spiro atoms. The monoisotopic (exact) mass is 425 g/mol. The molecule has 3 heterocycles. The predicted molar refractivity (Wildman–Crippen MR) is 122 cm³/mol. The van der Waals surface area contributed by atoms with E-state index < -0.39 is 0 Å². The first kappa shape index (κ1) is 21.1. The lowest BCUT2D eigenvalue weighted by molar-refractivity contribution is 0.0954. The summed E-state index contributed by atoms with van der Waals surface area (Å²) in [5.74, 6) is 1.49. The number of pyridine rings is 2. The fourth-order valence-corrected chi connectivity index (χ4v) is 3.07. The van der Waals surface area contributed by atoms with E-state index in [1.165, 1.54) is 0 Å². The Hall–Kier alpha value is -4.13. The van der Waals surface area contributed by atoms with Crippen LogP contribution in [0.4, 0.5) is 0 Å². The SMILES string of the molecule is Cc1ccc(-c2cc(Oc3ccccn3)cc(C(=O)NCCc3cnc(C)nc3)c2)nc1. The van der Waals surface area contributed by atoms with Gasteiger partial charge >= 0.3 is 0 Å². The second-order valence-corrected chi connectivity index (χ2v) is 7.38. The molecule has 1 N–H and O–H groups in total. The topological polar surface area (TPSA) is 89.9 Å². The highest BCUT2D eigenvalue weighted by Gasteiger charge is 2.12. The number of carbonyl (C=O) groups is 1. The van der Waals surface area contributed by atoms with Crippen molar-refractivity contribution in [2.45, 2.75) is 20.3 Å². The molecule has 0 aliphatic heterocycles. The van der Waals surface area contributed by atoms with Gasteiger partial charge in [0.05, 0.1) is 5.69 Å². The third kappa shape index (κ3) is 5.51. The van der Waals surface area contributed by atoms with Gasteiger partial charge in [-0.25, -0.2) is 15.0 Å². The lowest BCUT2D eigenvalue weighted by Gasteiger charge is -2.11. The Kier molecular flexibility index (Phi) is 6.46. The molecule has 32 heavy (non-hydrogen) atoms. The van der Waals surface area contributed by atoms with E-state index in [9.17, 15) is 4.79 Å². The van der Waals surface area contributed by atoms with Crippen molar-refractivity contribution >= 4 is 5.91 Å². The summed E-state index contributed by atoms with van der Waals surface area (Å²) in [5.41, 5.74) is 4.06. The Morgan fingerprint density at radius 3 is 2.50 bits per heavy atom. The second-order valence-electron chi connectivity index (χ2n) is 7.38. The Balaban J connectivity index is 1.55. The average molecular weight is 425 g/mol. The van der Waals surface area contributed by atoms with Crippen LogP contribution in [0.2, 0.25) is 0 Å². The Bertz CT molecular complexity index is 1190. The van der Waals surface area contributed by atoms with Gasteiger partial charge < -0.3 is 10.1 Å². The number of nitrogens with one attached hydrogen (secondary N) is 1. The zero-order valence-corrected chi connectivity index (χ0v) is 17.9. The first-order chi connectivity index (χ1) is 15.6.